The number of nitrogens with one attached hydrogen (secondary N) is 2. The van der Waals surface area contributed by atoms with Crippen molar-refractivity contribution in [3.05, 3.63) is 70.6 Å². The number of aliphatic hydroxyl groups is 1. The number of aromatic amines is 1. The number of aromatic nitrogens is 2. The van der Waals surface area contributed by atoms with Gasteiger partial charge < -0.3 is 20.3 Å². The molecule has 2 aromatic carbocycles. The first kappa shape index (κ1) is 26.2. The molecular formula is C25H27ClFN3O5. The van der Waals surface area contributed by atoms with Gasteiger partial charge in [0.25, 0.3) is 5.91 Å². The predicted octanol–water partition coefficient (Wildman–Crippen LogP) is 4.08. The van der Waals surface area contributed by atoms with Crippen molar-refractivity contribution in [3.8, 4) is 17.0 Å². The second-order valence-electron chi connectivity index (χ2n) is 8.48. The maximum atomic E-state index is 14.2. The summed E-state index contributed by atoms with van der Waals surface area (Å²) >= 11 is 6.00. The average molecular weight is 504 g/mol. The van der Waals surface area contributed by atoms with Crippen LogP contribution in [0.4, 0.5) is 4.39 Å². The normalized spacial score (nSPS) is 13.6. The molecule has 1 heterocycles. The van der Waals surface area contributed by atoms with E-state index in [-0.39, 0.29) is 24.4 Å². The van der Waals surface area contributed by atoms with Gasteiger partial charge in [0.15, 0.2) is 0 Å². The molecule has 0 aliphatic carbocycles. The minimum atomic E-state index is -1.47. The summed E-state index contributed by atoms with van der Waals surface area (Å²) < 4.78 is 19.5. The Bertz CT molecular complexity index is 1180. The highest BCUT2D eigenvalue weighted by Crippen LogP contribution is 2.28. The molecule has 186 valence electrons. The summed E-state index contributed by atoms with van der Waals surface area (Å²) in [7, 11) is 0. The molecule has 2 unspecified atom stereocenters. The Kier molecular flexibility index (Phi) is 8.48. The van der Waals surface area contributed by atoms with Crippen LogP contribution in [0, 0.1) is 11.2 Å². The lowest BCUT2D eigenvalue weighted by Gasteiger charge is -2.28. The number of halogens is 2. The zero-order chi connectivity index (χ0) is 25.6. The molecule has 0 fully saturated rings. The third kappa shape index (κ3) is 6.58. The Labute approximate surface area is 207 Å². The summed E-state index contributed by atoms with van der Waals surface area (Å²) in [6.45, 7) is 3.00. The summed E-state index contributed by atoms with van der Waals surface area (Å²) in [6.07, 6.45) is 0.251. The van der Waals surface area contributed by atoms with Crippen LogP contribution >= 0.6 is 11.6 Å². The number of benzene rings is 2. The lowest BCUT2D eigenvalue weighted by molar-refractivity contribution is -0.151. The maximum absolute atomic E-state index is 14.2. The standard InChI is InChI=1S/C25H27ClFN3O5/c1-3-35-22-12-21(29-30-22)23(32)28-18(13-25(2,14-31)24(33)34)10-15-4-6-16(7-5-15)19-11-17(26)8-9-20(19)27/h4-9,11-12,18,31H,3,10,13-14H2,1-2H3,(H,28,32)(H,29,30)(H,33,34). The number of rotatable bonds is 11. The summed E-state index contributed by atoms with van der Waals surface area (Å²) in [5, 5.41) is 29.1. The lowest BCUT2D eigenvalue weighted by Crippen LogP contribution is -2.44. The fourth-order valence-electron chi connectivity index (χ4n) is 3.67. The van der Waals surface area contributed by atoms with Gasteiger partial charge in [-0.3, -0.25) is 14.7 Å². The van der Waals surface area contributed by atoms with Gasteiger partial charge in [-0.05, 0) is 56.0 Å². The molecule has 0 radical (unpaired) electrons. The first-order valence-corrected chi connectivity index (χ1v) is 11.4. The van der Waals surface area contributed by atoms with Crippen LogP contribution in [0.2, 0.25) is 5.02 Å². The van der Waals surface area contributed by atoms with Crippen molar-refractivity contribution in [2.24, 2.45) is 5.41 Å². The van der Waals surface area contributed by atoms with E-state index in [1.165, 1.54) is 31.2 Å². The van der Waals surface area contributed by atoms with Gasteiger partial charge >= 0.3 is 5.97 Å². The van der Waals surface area contributed by atoms with Gasteiger partial charge in [-0.25, -0.2) is 4.39 Å². The predicted molar refractivity (Wildman–Crippen MR) is 129 cm³/mol. The summed E-state index contributed by atoms with van der Waals surface area (Å²) in [5.74, 6) is -1.80. The number of carboxylic acids is 1. The molecule has 1 aromatic heterocycles. The van der Waals surface area contributed by atoms with Crippen molar-refractivity contribution in [1.29, 1.82) is 0 Å². The van der Waals surface area contributed by atoms with E-state index in [0.29, 0.717) is 22.8 Å². The SMILES string of the molecule is CCOc1cc(C(=O)NC(Cc2ccc(-c3cc(Cl)ccc3F)cc2)CC(C)(CO)C(=O)O)[nH]n1. The molecule has 0 aliphatic heterocycles. The Morgan fingerprint density at radius 3 is 2.57 bits per heavy atom. The number of ether oxygens (including phenoxy) is 1. The number of carbonyl (C=O) groups excluding carboxylic acids is 1. The van der Waals surface area contributed by atoms with Crippen molar-refractivity contribution in [3.63, 3.8) is 0 Å². The Balaban J connectivity index is 1.82. The zero-order valence-corrected chi connectivity index (χ0v) is 20.1. The number of hydrogen-bond acceptors (Lipinski definition) is 5. The fraction of sp³-hybridized carbons (Fsp3) is 0.320. The van der Waals surface area contributed by atoms with Crippen LogP contribution in [-0.2, 0) is 11.2 Å². The average Bonchev–Trinajstić information content (AvgIpc) is 3.30. The van der Waals surface area contributed by atoms with Gasteiger partial charge in [0, 0.05) is 22.7 Å². The van der Waals surface area contributed by atoms with E-state index in [0.717, 1.165) is 5.56 Å². The van der Waals surface area contributed by atoms with Gasteiger partial charge in [0.1, 0.15) is 11.5 Å². The zero-order valence-electron chi connectivity index (χ0n) is 19.3. The topological polar surface area (TPSA) is 125 Å². The summed E-state index contributed by atoms with van der Waals surface area (Å²) in [4.78, 5) is 24.6. The first-order chi connectivity index (χ1) is 16.6. The molecule has 10 heteroatoms. The summed E-state index contributed by atoms with van der Waals surface area (Å²) in [5.41, 5.74) is 0.461. The van der Waals surface area contributed by atoms with Crippen LogP contribution in [-0.4, -0.2) is 51.5 Å². The maximum Gasteiger partial charge on any atom is 0.311 e. The van der Waals surface area contributed by atoms with Crippen LogP contribution < -0.4 is 10.1 Å². The molecule has 3 rings (SSSR count). The smallest absolute Gasteiger partial charge is 0.311 e. The monoisotopic (exact) mass is 503 g/mol. The third-order valence-electron chi connectivity index (χ3n) is 5.66. The van der Waals surface area contributed by atoms with Gasteiger partial charge in [0.05, 0.1) is 18.6 Å². The number of H-pyrrole nitrogens is 1. The molecule has 0 spiro atoms. The highest BCUT2D eigenvalue weighted by atomic mass is 35.5. The van der Waals surface area contributed by atoms with E-state index in [2.05, 4.69) is 15.5 Å². The van der Waals surface area contributed by atoms with Crippen LogP contribution in [0.3, 0.4) is 0 Å². The number of carboxylic acid groups (broad SMARTS) is 1. The number of aliphatic carboxylic acids is 1. The molecule has 0 saturated carbocycles. The van der Waals surface area contributed by atoms with E-state index in [9.17, 15) is 24.2 Å². The molecule has 1 amide bonds. The van der Waals surface area contributed by atoms with Crippen LogP contribution in [0.1, 0.15) is 36.3 Å². The Hall–Kier alpha value is -3.43. The first-order valence-electron chi connectivity index (χ1n) is 11.0. The second-order valence-corrected chi connectivity index (χ2v) is 8.91. The minimum absolute atomic E-state index is 0.0261. The number of hydrogen-bond donors (Lipinski definition) is 4. The number of nitrogens with zero attached hydrogens (tertiary/aromatic N) is 1. The quantitative estimate of drug-likeness (QED) is 0.312. The summed E-state index contributed by atoms with van der Waals surface area (Å²) in [6, 6.07) is 12.1. The van der Waals surface area contributed by atoms with Gasteiger partial charge in [0.2, 0.25) is 5.88 Å². The van der Waals surface area contributed by atoms with E-state index < -0.39 is 35.8 Å². The molecule has 2 atom stereocenters. The van der Waals surface area contributed by atoms with E-state index in [1.807, 2.05) is 0 Å². The molecule has 0 bridgehead atoms. The largest absolute Gasteiger partial charge is 0.481 e. The van der Waals surface area contributed by atoms with Gasteiger partial charge in [-0.2, -0.15) is 0 Å². The molecule has 3 aromatic rings. The van der Waals surface area contributed by atoms with E-state index in [4.69, 9.17) is 16.3 Å². The number of amides is 1. The Morgan fingerprint density at radius 1 is 1.23 bits per heavy atom. The second kappa shape index (κ2) is 11.3. The van der Waals surface area contributed by atoms with Crippen LogP contribution in [0.15, 0.2) is 48.5 Å². The lowest BCUT2D eigenvalue weighted by atomic mass is 9.82. The highest BCUT2D eigenvalue weighted by molar-refractivity contribution is 6.30. The van der Waals surface area contributed by atoms with Gasteiger partial charge in [-0.15, -0.1) is 5.10 Å². The van der Waals surface area contributed by atoms with Gasteiger partial charge in [-0.1, -0.05) is 35.9 Å². The van der Waals surface area contributed by atoms with E-state index in [1.54, 1.807) is 31.2 Å². The number of carbonyl (C=O) groups is 2. The van der Waals surface area contributed by atoms with Crippen molar-refractivity contribution in [2.75, 3.05) is 13.2 Å². The molecule has 0 aliphatic rings. The molecule has 8 nitrogen and oxygen atoms in total. The van der Waals surface area contributed by atoms with Crippen molar-refractivity contribution in [2.45, 2.75) is 32.7 Å². The van der Waals surface area contributed by atoms with Crippen LogP contribution in [0.25, 0.3) is 11.1 Å². The molecule has 4 N–H and O–H groups in total. The van der Waals surface area contributed by atoms with Crippen molar-refractivity contribution in [1.82, 2.24) is 15.5 Å². The molecular weight excluding hydrogens is 477 g/mol. The van der Waals surface area contributed by atoms with Crippen molar-refractivity contribution < 1.29 is 28.9 Å². The van der Waals surface area contributed by atoms with Crippen LogP contribution in [0.5, 0.6) is 5.88 Å². The number of aliphatic hydroxyl groups excluding tert-OH is 1. The fourth-order valence-corrected chi connectivity index (χ4v) is 3.84. The highest BCUT2D eigenvalue weighted by Gasteiger charge is 2.36. The minimum Gasteiger partial charge on any atom is -0.481 e. The third-order valence-corrected chi connectivity index (χ3v) is 5.90. The molecule has 35 heavy (non-hydrogen) atoms. The van der Waals surface area contributed by atoms with Crippen molar-refractivity contribution >= 4 is 23.5 Å². The Morgan fingerprint density at radius 2 is 1.94 bits per heavy atom. The molecule has 0 saturated heterocycles. The van der Waals surface area contributed by atoms with E-state index >= 15 is 0 Å².